The molecule has 3 unspecified atom stereocenters. The summed E-state index contributed by atoms with van der Waals surface area (Å²) in [6.45, 7) is 8.22. The first kappa shape index (κ1) is 17.4. The Morgan fingerprint density at radius 2 is 1.88 bits per heavy atom. The minimum atomic E-state index is -0.698. The van der Waals surface area contributed by atoms with Gasteiger partial charge in [0, 0.05) is 27.7 Å². The highest BCUT2D eigenvalue weighted by molar-refractivity contribution is 7.86. The molecule has 0 radical (unpaired) electrons. The van der Waals surface area contributed by atoms with Crippen LogP contribution in [0.15, 0.2) is 24.4 Å². The third-order valence-corrected chi connectivity index (χ3v) is 8.15. The molecule has 4 nitrogen and oxygen atoms in total. The van der Waals surface area contributed by atoms with Gasteiger partial charge in [-0.2, -0.15) is 0 Å². The molecule has 4 heterocycles. The van der Waals surface area contributed by atoms with Crippen LogP contribution in [0, 0.1) is 0 Å². The van der Waals surface area contributed by atoms with E-state index in [1.807, 2.05) is 12.3 Å². The predicted molar refractivity (Wildman–Crippen MR) is 102 cm³/mol. The van der Waals surface area contributed by atoms with Crippen molar-refractivity contribution in [1.82, 2.24) is 4.98 Å². The molecule has 0 amide bonds. The summed E-state index contributed by atoms with van der Waals surface area (Å²) in [4.78, 5) is 4.67. The van der Waals surface area contributed by atoms with Crippen LogP contribution in [0.25, 0.3) is 5.57 Å². The van der Waals surface area contributed by atoms with E-state index in [0.29, 0.717) is 5.25 Å². The highest BCUT2D eigenvalue weighted by Gasteiger charge is 2.51. The summed E-state index contributed by atoms with van der Waals surface area (Å²) in [7, 11) is -1.07. The highest BCUT2D eigenvalue weighted by atomic mass is 32.2. The maximum absolute atomic E-state index is 12.3. The number of pyridine rings is 1. The molecular formula is C19H26BNO3S. The largest absolute Gasteiger partial charge is 0.496 e. The first-order valence-electron chi connectivity index (χ1n) is 9.19. The van der Waals surface area contributed by atoms with Gasteiger partial charge in [-0.3, -0.25) is 9.19 Å². The SMILES string of the molecule is CC1(C)OB(c2ccc(C3=CC4CCCC(C3)S4=O)nc2)OC1(C)C. The first-order valence-corrected chi connectivity index (χ1v) is 10.5. The zero-order chi connectivity index (χ0) is 17.8. The molecule has 4 rings (SSSR count). The van der Waals surface area contributed by atoms with Gasteiger partial charge in [0.2, 0.25) is 0 Å². The number of hydrogen-bond acceptors (Lipinski definition) is 4. The second kappa shape index (κ2) is 6.03. The average Bonchev–Trinajstić information content (AvgIpc) is 2.75. The van der Waals surface area contributed by atoms with Crippen molar-refractivity contribution in [3.05, 3.63) is 30.1 Å². The minimum Gasteiger partial charge on any atom is -0.399 e. The Morgan fingerprint density at radius 1 is 1.16 bits per heavy atom. The topological polar surface area (TPSA) is 48.4 Å². The molecule has 0 spiro atoms. The Labute approximate surface area is 153 Å². The van der Waals surface area contributed by atoms with Crippen molar-refractivity contribution in [2.45, 2.75) is 75.1 Å². The van der Waals surface area contributed by atoms with Gasteiger partial charge in [0.15, 0.2) is 0 Å². The van der Waals surface area contributed by atoms with E-state index in [9.17, 15) is 4.21 Å². The second-order valence-corrected chi connectivity index (χ2v) is 10.3. The van der Waals surface area contributed by atoms with Crippen molar-refractivity contribution in [1.29, 1.82) is 0 Å². The molecule has 134 valence electrons. The van der Waals surface area contributed by atoms with E-state index >= 15 is 0 Å². The Bertz CT molecular complexity index is 713. The van der Waals surface area contributed by atoms with E-state index in [4.69, 9.17) is 9.31 Å². The van der Waals surface area contributed by atoms with Gasteiger partial charge in [0.25, 0.3) is 0 Å². The van der Waals surface area contributed by atoms with E-state index in [0.717, 1.165) is 30.4 Å². The van der Waals surface area contributed by atoms with Crippen LogP contribution in [-0.4, -0.2) is 38.0 Å². The van der Waals surface area contributed by atoms with Gasteiger partial charge in [-0.1, -0.05) is 18.6 Å². The van der Waals surface area contributed by atoms with Crippen LogP contribution in [0.3, 0.4) is 0 Å². The third kappa shape index (κ3) is 3.02. The van der Waals surface area contributed by atoms with Crippen molar-refractivity contribution in [3.63, 3.8) is 0 Å². The van der Waals surface area contributed by atoms with Gasteiger partial charge in [-0.15, -0.1) is 0 Å². The summed E-state index contributed by atoms with van der Waals surface area (Å²) in [5.74, 6) is 0. The quantitative estimate of drug-likeness (QED) is 0.762. The molecule has 25 heavy (non-hydrogen) atoms. The van der Waals surface area contributed by atoms with E-state index in [-0.39, 0.29) is 23.6 Å². The number of fused-ring (bicyclic) bond motifs is 2. The lowest BCUT2D eigenvalue weighted by Gasteiger charge is -2.32. The van der Waals surface area contributed by atoms with Crippen molar-refractivity contribution in [2.24, 2.45) is 0 Å². The fourth-order valence-electron chi connectivity index (χ4n) is 3.80. The van der Waals surface area contributed by atoms with Crippen molar-refractivity contribution < 1.29 is 13.5 Å². The summed E-state index contributed by atoms with van der Waals surface area (Å²) >= 11 is 0. The Morgan fingerprint density at radius 3 is 2.48 bits per heavy atom. The van der Waals surface area contributed by atoms with Gasteiger partial charge in [0.05, 0.1) is 22.1 Å². The molecule has 1 aromatic rings. The summed E-state index contributed by atoms with van der Waals surface area (Å²) in [6.07, 6.45) is 8.25. The van der Waals surface area contributed by atoms with Crippen LogP contribution >= 0.6 is 0 Å². The zero-order valence-electron chi connectivity index (χ0n) is 15.5. The molecule has 3 atom stereocenters. The standard InChI is InChI=1S/C19H26BNO3S/c1-18(2)19(3,4)24-20(23-18)14-8-9-17(21-12-14)13-10-15-6-5-7-16(11-13)25(15)22/h8-10,12,15-16H,5-7,11H2,1-4H3. The fraction of sp³-hybridized carbons (Fsp3) is 0.632. The number of nitrogens with zero attached hydrogens (tertiary/aromatic N) is 1. The van der Waals surface area contributed by atoms with Gasteiger partial charge in [-0.05, 0) is 58.6 Å². The lowest BCUT2D eigenvalue weighted by molar-refractivity contribution is 0.00578. The monoisotopic (exact) mass is 359 g/mol. The smallest absolute Gasteiger partial charge is 0.399 e. The molecule has 2 fully saturated rings. The molecule has 0 aromatic carbocycles. The van der Waals surface area contributed by atoms with Crippen molar-refractivity contribution in [3.8, 4) is 0 Å². The van der Waals surface area contributed by atoms with E-state index in [1.165, 1.54) is 12.0 Å². The van der Waals surface area contributed by atoms with Gasteiger partial charge in [0.1, 0.15) is 0 Å². The maximum Gasteiger partial charge on any atom is 0.496 e. The molecule has 0 saturated carbocycles. The van der Waals surface area contributed by atoms with Crippen LogP contribution in [0.4, 0.5) is 0 Å². The molecule has 3 aliphatic heterocycles. The number of allylic oxidation sites excluding steroid dienone is 1. The number of rotatable bonds is 2. The normalized spacial score (nSPS) is 33.2. The van der Waals surface area contributed by atoms with Gasteiger partial charge in [-0.25, -0.2) is 0 Å². The molecule has 3 aliphatic rings. The molecule has 2 saturated heterocycles. The van der Waals surface area contributed by atoms with Crippen LogP contribution < -0.4 is 5.46 Å². The maximum atomic E-state index is 12.3. The molecular weight excluding hydrogens is 333 g/mol. The number of aromatic nitrogens is 1. The summed E-state index contributed by atoms with van der Waals surface area (Å²) < 4.78 is 24.5. The first-order chi connectivity index (χ1) is 11.8. The van der Waals surface area contributed by atoms with Gasteiger partial charge < -0.3 is 9.31 Å². The summed E-state index contributed by atoms with van der Waals surface area (Å²) in [6, 6.07) is 4.10. The highest BCUT2D eigenvalue weighted by Crippen LogP contribution is 2.37. The Hall–Kier alpha value is -0.975. The number of hydrogen-bond donors (Lipinski definition) is 0. The lowest BCUT2D eigenvalue weighted by atomic mass is 9.80. The van der Waals surface area contributed by atoms with E-state index in [1.54, 1.807) is 0 Å². The van der Waals surface area contributed by atoms with Crippen molar-refractivity contribution in [2.75, 3.05) is 0 Å². The lowest BCUT2D eigenvalue weighted by Crippen LogP contribution is -2.41. The Balaban J connectivity index is 1.55. The third-order valence-electron chi connectivity index (χ3n) is 6.12. The molecule has 0 aliphatic carbocycles. The van der Waals surface area contributed by atoms with E-state index < -0.39 is 10.8 Å². The average molecular weight is 359 g/mol. The van der Waals surface area contributed by atoms with Crippen molar-refractivity contribution >= 4 is 29.0 Å². The summed E-state index contributed by atoms with van der Waals surface area (Å²) in [5, 5.41) is 0.524. The fourth-order valence-corrected chi connectivity index (χ4v) is 5.74. The molecule has 0 N–H and O–H groups in total. The second-order valence-electron chi connectivity index (χ2n) is 8.38. The summed E-state index contributed by atoms with van der Waals surface area (Å²) in [5.41, 5.74) is 2.50. The van der Waals surface area contributed by atoms with Gasteiger partial charge >= 0.3 is 7.12 Å². The zero-order valence-corrected chi connectivity index (χ0v) is 16.3. The molecule has 1 aromatic heterocycles. The van der Waals surface area contributed by atoms with Crippen LogP contribution in [0.1, 0.15) is 59.1 Å². The Kier molecular flexibility index (Phi) is 4.21. The predicted octanol–water partition coefficient (Wildman–Crippen LogP) is 2.84. The van der Waals surface area contributed by atoms with Crippen LogP contribution in [0.2, 0.25) is 0 Å². The minimum absolute atomic E-state index is 0.215. The molecule has 2 bridgehead atoms. The molecule has 6 heteroatoms. The van der Waals surface area contributed by atoms with E-state index in [2.05, 4.69) is 44.8 Å². The van der Waals surface area contributed by atoms with Crippen LogP contribution in [0.5, 0.6) is 0 Å². The van der Waals surface area contributed by atoms with Crippen LogP contribution in [-0.2, 0) is 20.1 Å².